The van der Waals surface area contributed by atoms with E-state index >= 15 is 0 Å². The van der Waals surface area contributed by atoms with Crippen molar-refractivity contribution in [3.05, 3.63) is 23.8 Å². The zero-order valence-electron chi connectivity index (χ0n) is 18.9. The Morgan fingerprint density at radius 1 is 1.27 bits per heavy atom. The summed E-state index contributed by atoms with van der Waals surface area (Å²) in [5.74, 6) is 2.49. The van der Waals surface area contributed by atoms with E-state index in [-0.39, 0.29) is 29.9 Å². The molecule has 0 saturated carbocycles. The van der Waals surface area contributed by atoms with Gasteiger partial charge in [-0.3, -0.25) is 9.79 Å². The van der Waals surface area contributed by atoms with Gasteiger partial charge in [-0.15, -0.1) is 24.0 Å². The van der Waals surface area contributed by atoms with Crippen LogP contribution in [0.5, 0.6) is 11.5 Å². The molecule has 170 valence electrons. The molecule has 1 aromatic rings. The average Bonchev–Trinajstić information content (AvgIpc) is 2.74. The molecule has 0 spiro atoms. The van der Waals surface area contributed by atoms with Crippen molar-refractivity contribution < 1.29 is 14.3 Å². The molecule has 1 aliphatic rings. The fraction of sp³-hybridized carbons (Fsp3) is 0.636. The number of nitrogens with one attached hydrogen (secondary N) is 1. The van der Waals surface area contributed by atoms with Crippen molar-refractivity contribution in [2.24, 2.45) is 4.99 Å². The minimum Gasteiger partial charge on any atom is -0.493 e. The molecule has 7 nitrogen and oxygen atoms in total. The molecule has 0 radical (unpaired) electrons. The van der Waals surface area contributed by atoms with Gasteiger partial charge in [-0.25, -0.2) is 0 Å². The van der Waals surface area contributed by atoms with E-state index in [2.05, 4.69) is 22.1 Å². The molecule has 1 fully saturated rings. The van der Waals surface area contributed by atoms with Crippen molar-refractivity contribution in [1.29, 1.82) is 0 Å². The van der Waals surface area contributed by atoms with Gasteiger partial charge >= 0.3 is 0 Å². The predicted octanol–water partition coefficient (Wildman–Crippen LogP) is 3.16. The van der Waals surface area contributed by atoms with Crippen molar-refractivity contribution in [2.45, 2.75) is 45.1 Å². The third-order valence-electron chi connectivity index (χ3n) is 5.50. The van der Waals surface area contributed by atoms with Crippen molar-refractivity contribution >= 4 is 35.8 Å². The minimum absolute atomic E-state index is 0. The molecule has 1 aromatic carbocycles. The first-order chi connectivity index (χ1) is 14.0. The third kappa shape index (κ3) is 7.52. The lowest BCUT2D eigenvalue weighted by Gasteiger charge is -2.33. The van der Waals surface area contributed by atoms with E-state index in [4.69, 9.17) is 9.47 Å². The summed E-state index contributed by atoms with van der Waals surface area (Å²) < 4.78 is 10.7. The van der Waals surface area contributed by atoms with E-state index in [1.165, 1.54) is 12.0 Å². The highest BCUT2D eigenvalue weighted by Gasteiger charge is 2.22. The molecule has 1 heterocycles. The number of likely N-dealkylation sites (tertiary alicyclic amines) is 1. The molecule has 1 saturated heterocycles. The van der Waals surface area contributed by atoms with E-state index in [1.54, 1.807) is 21.3 Å². The van der Waals surface area contributed by atoms with Crippen LogP contribution >= 0.6 is 24.0 Å². The number of likely N-dealkylation sites (N-methyl/N-ethyl adjacent to an activating group) is 1. The summed E-state index contributed by atoms with van der Waals surface area (Å²) >= 11 is 0. The number of aliphatic imine (C=N–C) groups is 1. The van der Waals surface area contributed by atoms with Crippen LogP contribution in [0.4, 0.5) is 0 Å². The van der Waals surface area contributed by atoms with Gasteiger partial charge in [0.2, 0.25) is 5.91 Å². The molecule has 2 rings (SSSR count). The molecule has 1 aliphatic heterocycles. The minimum atomic E-state index is 0. The average molecular weight is 532 g/mol. The highest BCUT2D eigenvalue weighted by molar-refractivity contribution is 14.0. The smallest absolute Gasteiger partial charge is 0.224 e. The first-order valence-electron chi connectivity index (χ1n) is 10.4. The Labute approximate surface area is 198 Å². The number of rotatable bonds is 8. The van der Waals surface area contributed by atoms with Crippen molar-refractivity contribution in [3.8, 4) is 11.5 Å². The Morgan fingerprint density at radius 2 is 2.00 bits per heavy atom. The van der Waals surface area contributed by atoms with Crippen LogP contribution in [0.25, 0.3) is 0 Å². The van der Waals surface area contributed by atoms with Gasteiger partial charge < -0.3 is 24.6 Å². The van der Waals surface area contributed by atoms with Gasteiger partial charge in [-0.1, -0.05) is 6.07 Å². The third-order valence-corrected chi connectivity index (χ3v) is 5.50. The lowest BCUT2D eigenvalue weighted by Crippen LogP contribution is -2.45. The second-order valence-corrected chi connectivity index (χ2v) is 7.52. The van der Waals surface area contributed by atoms with E-state index in [0.29, 0.717) is 19.0 Å². The van der Waals surface area contributed by atoms with Gasteiger partial charge in [0, 0.05) is 46.2 Å². The molecule has 0 bridgehead atoms. The lowest BCUT2D eigenvalue weighted by atomic mass is 10.0. The lowest BCUT2D eigenvalue weighted by molar-refractivity contribution is -0.134. The SMILES string of the molecule is CN=C(NCCC(=O)N1CCCCC1C)N(C)CCc1ccc(OC)c(OC)c1.I. The molecule has 1 unspecified atom stereocenters. The van der Waals surface area contributed by atoms with Gasteiger partial charge in [0.05, 0.1) is 14.2 Å². The number of benzene rings is 1. The molecule has 1 amide bonds. The largest absolute Gasteiger partial charge is 0.493 e. The number of carbonyl (C=O) groups excluding carboxylic acids is 1. The number of nitrogens with zero attached hydrogens (tertiary/aromatic N) is 3. The van der Waals surface area contributed by atoms with Crippen molar-refractivity contribution in [1.82, 2.24) is 15.1 Å². The number of piperidine rings is 1. The number of hydrogen-bond donors (Lipinski definition) is 1. The van der Waals surface area contributed by atoms with Gasteiger partial charge in [0.15, 0.2) is 17.5 Å². The zero-order valence-corrected chi connectivity index (χ0v) is 21.3. The second-order valence-electron chi connectivity index (χ2n) is 7.52. The van der Waals surface area contributed by atoms with E-state index in [0.717, 1.165) is 49.8 Å². The molecular formula is C22H37IN4O3. The maximum Gasteiger partial charge on any atom is 0.224 e. The van der Waals surface area contributed by atoms with Crippen LogP contribution in [0.15, 0.2) is 23.2 Å². The van der Waals surface area contributed by atoms with Gasteiger partial charge in [0.1, 0.15) is 0 Å². The summed E-state index contributed by atoms with van der Waals surface area (Å²) in [6, 6.07) is 6.33. The quantitative estimate of drug-likeness (QED) is 0.317. The van der Waals surface area contributed by atoms with E-state index in [9.17, 15) is 4.79 Å². The van der Waals surface area contributed by atoms with E-state index in [1.807, 2.05) is 30.1 Å². The topological polar surface area (TPSA) is 66.4 Å². The van der Waals surface area contributed by atoms with Crippen LogP contribution in [-0.2, 0) is 11.2 Å². The molecule has 1 N–H and O–H groups in total. The van der Waals surface area contributed by atoms with E-state index < -0.39 is 0 Å². The van der Waals surface area contributed by atoms with Crippen LogP contribution < -0.4 is 14.8 Å². The second kappa shape index (κ2) is 13.6. The van der Waals surface area contributed by atoms with Crippen molar-refractivity contribution in [2.75, 3.05) is 47.9 Å². The van der Waals surface area contributed by atoms with Crippen LogP contribution in [0.3, 0.4) is 0 Å². The zero-order chi connectivity index (χ0) is 21.2. The normalized spacial score (nSPS) is 16.5. The highest BCUT2D eigenvalue weighted by Crippen LogP contribution is 2.27. The van der Waals surface area contributed by atoms with Crippen molar-refractivity contribution in [3.63, 3.8) is 0 Å². The summed E-state index contributed by atoms with van der Waals surface area (Å²) in [5.41, 5.74) is 1.17. The maximum atomic E-state index is 12.5. The molecular weight excluding hydrogens is 495 g/mol. The summed E-state index contributed by atoms with van der Waals surface area (Å²) in [6.07, 6.45) is 4.79. The van der Waals surface area contributed by atoms with Crippen LogP contribution in [-0.4, -0.2) is 75.7 Å². The molecule has 1 atom stereocenters. The summed E-state index contributed by atoms with van der Waals surface area (Å²) in [6.45, 7) is 4.42. The number of ether oxygens (including phenoxy) is 2. The van der Waals surface area contributed by atoms with Crippen LogP contribution in [0, 0.1) is 0 Å². The summed E-state index contributed by atoms with van der Waals surface area (Å²) in [5, 5.41) is 3.31. The summed E-state index contributed by atoms with van der Waals surface area (Å²) in [4.78, 5) is 20.9. The standard InChI is InChI=1S/C22H36N4O3.HI/c1-17-8-6-7-14-26(17)21(27)11-13-24-22(23-2)25(3)15-12-18-9-10-19(28-4)20(16-18)29-5;/h9-10,16-17H,6-8,11-15H2,1-5H3,(H,23,24);1H. The van der Waals surface area contributed by atoms with Gasteiger partial charge in [-0.05, 0) is 50.3 Å². The van der Waals surface area contributed by atoms with Gasteiger partial charge in [-0.2, -0.15) is 0 Å². The Kier molecular flexibility index (Phi) is 11.9. The highest BCUT2D eigenvalue weighted by atomic mass is 127. The van der Waals surface area contributed by atoms with Crippen LogP contribution in [0.1, 0.15) is 38.2 Å². The molecule has 0 aromatic heterocycles. The number of carbonyl (C=O) groups is 1. The van der Waals surface area contributed by atoms with Crippen LogP contribution in [0.2, 0.25) is 0 Å². The number of methoxy groups -OCH3 is 2. The Morgan fingerprint density at radius 3 is 2.63 bits per heavy atom. The fourth-order valence-electron chi connectivity index (χ4n) is 3.72. The number of halogens is 1. The first-order valence-corrected chi connectivity index (χ1v) is 10.4. The first kappa shape index (κ1) is 26.3. The molecule has 8 heteroatoms. The Hall–Kier alpha value is -1.71. The number of guanidine groups is 1. The number of hydrogen-bond acceptors (Lipinski definition) is 4. The molecule has 30 heavy (non-hydrogen) atoms. The maximum absolute atomic E-state index is 12.5. The van der Waals surface area contributed by atoms with Gasteiger partial charge in [0.25, 0.3) is 0 Å². The summed E-state index contributed by atoms with van der Waals surface area (Å²) in [7, 11) is 7.05. The molecule has 0 aliphatic carbocycles. The number of amides is 1. The Balaban J connectivity index is 0.00000450. The fourth-order valence-corrected chi connectivity index (χ4v) is 3.72. The monoisotopic (exact) mass is 532 g/mol. The Bertz CT molecular complexity index is 699. The predicted molar refractivity (Wildman–Crippen MR) is 132 cm³/mol.